The van der Waals surface area contributed by atoms with Gasteiger partial charge in [-0.25, -0.2) is 4.39 Å². The summed E-state index contributed by atoms with van der Waals surface area (Å²) in [6.07, 6.45) is 1.02. The lowest BCUT2D eigenvalue weighted by molar-refractivity contribution is 0.183. The molecule has 0 saturated heterocycles. The van der Waals surface area contributed by atoms with Crippen molar-refractivity contribution < 1.29 is 4.39 Å². The molecule has 1 atom stereocenters. The van der Waals surface area contributed by atoms with E-state index in [9.17, 15) is 4.39 Å². The molecule has 110 valence electrons. The number of hydrogen-bond donors (Lipinski definition) is 1. The first kappa shape index (κ1) is 14.5. The molecule has 0 aromatic heterocycles. The van der Waals surface area contributed by atoms with E-state index in [-0.39, 0.29) is 16.9 Å². The summed E-state index contributed by atoms with van der Waals surface area (Å²) in [4.78, 5) is 2.34. The van der Waals surface area contributed by atoms with Gasteiger partial charge in [-0.2, -0.15) is 0 Å². The van der Waals surface area contributed by atoms with Crippen molar-refractivity contribution in [3.05, 3.63) is 70.0 Å². The van der Waals surface area contributed by atoms with E-state index >= 15 is 0 Å². The quantitative estimate of drug-likeness (QED) is 0.940. The van der Waals surface area contributed by atoms with E-state index in [0.717, 1.165) is 25.1 Å². The summed E-state index contributed by atoms with van der Waals surface area (Å²) >= 11 is 5.90. The molecule has 3 rings (SSSR count). The van der Waals surface area contributed by atoms with E-state index in [4.69, 9.17) is 17.3 Å². The summed E-state index contributed by atoms with van der Waals surface area (Å²) in [6.45, 7) is 2.31. The second kappa shape index (κ2) is 6.14. The molecule has 0 fully saturated rings. The van der Waals surface area contributed by atoms with Crippen LogP contribution in [0.25, 0.3) is 0 Å². The molecule has 2 aromatic carbocycles. The Morgan fingerprint density at radius 1 is 1.19 bits per heavy atom. The van der Waals surface area contributed by atoms with Crippen LogP contribution in [0.15, 0.2) is 42.5 Å². The number of benzene rings is 2. The predicted molar refractivity (Wildman–Crippen MR) is 83.8 cm³/mol. The molecule has 0 radical (unpaired) electrons. The maximum atomic E-state index is 13.3. The van der Waals surface area contributed by atoms with Gasteiger partial charge in [-0.1, -0.05) is 41.9 Å². The molecule has 0 spiro atoms. The van der Waals surface area contributed by atoms with E-state index in [1.807, 2.05) is 0 Å². The van der Waals surface area contributed by atoms with Gasteiger partial charge in [-0.05, 0) is 35.2 Å². The van der Waals surface area contributed by atoms with E-state index in [1.165, 1.54) is 17.2 Å². The minimum Gasteiger partial charge on any atom is -0.329 e. The lowest BCUT2D eigenvalue weighted by Crippen LogP contribution is -2.37. The first-order valence-electron chi connectivity index (χ1n) is 7.15. The smallest absolute Gasteiger partial charge is 0.141 e. The van der Waals surface area contributed by atoms with Crippen LogP contribution in [-0.2, 0) is 13.0 Å². The summed E-state index contributed by atoms with van der Waals surface area (Å²) in [5.74, 6) is -0.389. The van der Waals surface area contributed by atoms with Gasteiger partial charge >= 0.3 is 0 Å². The molecule has 1 aliphatic rings. The van der Waals surface area contributed by atoms with Gasteiger partial charge < -0.3 is 5.73 Å². The number of hydrogen-bond acceptors (Lipinski definition) is 2. The van der Waals surface area contributed by atoms with Gasteiger partial charge in [0.2, 0.25) is 0 Å². The summed E-state index contributed by atoms with van der Waals surface area (Å²) < 4.78 is 13.3. The topological polar surface area (TPSA) is 29.3 Å². The zero-order chi connectivity index (χ0) is 14.8. The average molecular weight is 305 g/mol. The van der Waals surface area contributed by atoms with E-state index in [0.29, 0.717) is 6.54 Å². The molecule has 4 heteroatoms. The van der Waals surface area contributed by atoms with Gasteiger partial charge in [0.15, 0.2) is 0 Å². The second-order valence-electron chi connectivity index (χ2n) is 5.41. The molecule has 2 nitrogen and oxygen atoms in total. The standard InChI is InChI=1S/C17H18ClFN2/c18-15-9-13(5-6-16(15)19)17(10-20)21-8-7-12-3-1-2-4-14(12)11-21/h1-6,9,17H,7-8,10-11,20H2. The highest BCUT2D eigenvalue weighted by atomic mass is 35.5. The predicted octanol–water partition coefficient (Wildman–Crippen LogP) is 3.54. The lowest BCUT2D eigenvalue weighted by atomic mass is 9.96. The molecule has 0 aliphatic carbocycles. The summed E-state index contributed by atoms with van der Waals surface area (Å²) in [5.41, 5.74) is 9.69. The fourth-order valence-corrected chi connectivity index (χ4v) is 3.19. The molecule has 1 aliphatic heterocycles. The summed E-state index contributed by atoms with van der Waals surface area (Å²) in [5, 5.41) is 0.156. The third-order valence-corrected chi connectivity index (χ3v) is 4.44. The van der Waals surface area contributed by atoms with Crippen LogP contribution in [-0.4, -0.2) is 18.0 Å². The molecule has 2 N–H and O–H groups in total. The minimum atomic E-state index is -0.389. The highest BCUT2D eigenvalue weighted by molar-refractivity contribution is 6.30. The fourth-order valence-electron chi connectivity index (χ4n) is 3.00. The van der Waals surface area contributed by atoms with E-state index < -0.39 is 0 Å². The Morgan fingerprint density at radius 3 is 2.67 bits per heavy atom. The normalized spacial score (nSPS) is 16.5. The Bertz CT molecular complexity index is 644. The molecule has 0 amide bonds. The molecule has 2 aromatic rings. The van der Waals surface area contributed by atoms with Gasteiger partial charge in [0.1, 0.15) is 5.82 Å². The zero-order valence-electron chi connectivity index (χ0n) is 11.7. The van der Waals surface area contributed by atoms with Crippen molar-refractivity contribution in [3.8, 4) is 0 Å². The molecule has 0 bridgehead atoms. The summed E-state index contributed by atoms with van der Waals surface area (Å²) in [6, 6.07) is 13.4. The maximum Gasteiger partial charge on any atom is 0.141 e. The average Bonchev–Trinajstić information content (AvgIpc) is 2.51. The van der Waals surface area contributed by atoms with Gasteiger partial charge in [0.05, 0.1) is 5.02 Å². The van der Waals surface area contributed by atoms with Crippen LogP contribution in [0, 0.1) is 5.82 Å². The number of fused-ring (bicyclic) bond motifs is 1. The van der Waals surface area contributed by atoms with Crippen molar-refractivity contribution in [2.24, 2.45) is 5.73 Å². The van der Waals surface area contributed by atoms with Crippen LogP contribution < -0.4 is 5.73 Å². The van der Waals surface area contributed by atoms with Crippen molar-refractivity contribution in [1.29, 1.82) is 0 Å². The zero-order valence-corrected chi connectivity index (χ0v) is 12.5. The van der Waals surface area contributed by atoms with Crippen LogP contribution in [0.2, 0.25) is 5.02 Å². The molecular formula is C17H18ClFN2. The largest absolute Gasteiger partial charge is 0.329 e. The van der Waals surface area contributed by atoms with Crippen molar-refractivity contribution in [3.63, 3.8) is 0 Å². The Labute approximate surface area is 129 Å². The van der Waals surface area contributed by atoms with E-state index in [1.54, 1.807) is 12.1 Å². The Kier molecular flexibility index (Phi) is 4.24. The Morgan fingerprint density at radius 2 is 1.95 bits per heavy atom. The number of rotatable bonds is 3. The van der Waals surface area contributed by atoms with E-state index in [2.05, 4.69) is 29.2 Å². The van der Waals surface area contributed by atoms with Crippen molar-refractivity contribution in [1.82, 2.24) is 4.90 Å². The summed E-state index contributed by atoms with van der Waals surface area (Å²) in [7, 11) is 0. The monoisotopic (exact) mass is 304 g/mol. The molecule has 1 unspecified atom stereocenters. The maximum absolute atomic E-state index is 13.3. The molecule has 1 heterocycles. The fraction of sp³-hybridized carbons (Fsp3) is 0.294. The second-order valence-corrected chi connectivity index (χ2v) is 5.82. The van der Waals surface area contributed by atoms with Gasteiger partial charge in [-0.15, -0.1) is 0 Å². The van der Waals surface area contributed by atoms with Crippen LogP contribution in [0.4, 0.5) is 4.39 Å². The highest BCUT2D eigenvalue weighted by Crippen LogP contribution is 2.29. The highest BCUT2D eigenvalue weighted by Gasteiger charge is 2.24. The number of nitrogens with two attached hydrogens (primary N) is 1. The van der Waals surface area contributed by atoms with Crippen molar-refractivity contribution in [2.75, 3.05) is 13.1 Å². The van der Waals surface area contributed by atoms with Crippen LogP contribution in [0.1, 0.15) is 22.7 Å². The molecule has 21 heavy (non-hydrogen) atoms. The SMILES string of the molecule is NCC(c1ccc(F)c(Cl)c1)N1CCc2ccccc2C1. The first-order chi connectivity index (χ1) is 10.2. The minimum absolute atomic E-state index is 0.0662. The van der Waals surface area contributed by atoms with Crippen LogP contribution in [0.3, 0.4) is 0 Å². The van der Waals surface area contributed by atoms with Gasteiger partial charge in [0, 0.05) is 25.7 Å². The van der Waals surface area contributed by atoms with Crippen molar-refractivity contribution in [2.45, 2.75) is 19.0 Å². The third kappa shape index (κ3) is 2.95. The van der Waals surface area contributed by atoms with Crippen molar-refractivity contribution >= 4 is 11.6 Å². The Balaban J connectivity index is 1.86. The lowest BCUT2D eigenvalue weighted by Gasteiger charge is -2.35. The number of halogens is 2. The molecule has 0 saturated carbocycles. The Hall–Kier alpha value is -1.42. The number of nitrogens with zero attached hydrogens (tertiary/aromatic N) is 1. The van der Waals surface area contributed by atoms with Crippen LogP contribution >= 0.6 is 11.6 Å². The third-order valence-electron chi connectivity index (χ3n) is 4.15. The van der Waals surface area contributed by atoms with Crippen LogP contribution in [0.5, 0.6) is 0 Å². The van der Waals surface area contributed by atoms with Gasteiger partial charge in [-0.3, -0.25) is 4.90 Å². The first-order valence-corrected chi connectivity index (χ1v) is 7.52. The van der Waals surface area contributed by atoms with Gasteiger partial charge in [0.25, 0.3) is 0 Å². The molecular weight excluding hydrogens is 287 g/mol.